The maximum Gasteiger partial charge on any atom is 0.160 e. The first-order valence-electron chi connectivity index (χ1n) is 5.41. The van der Waals surface area contributed by atoms with Crippen LogP contribution in [0.2, 0.25) is 0 Å². The zero-order chi connectivity index (χ0) is 12.1. The molecule has 0 saturated carbocycles. The first-order valence-corrected chi connectivity index (χ1v) is 5.41. The van der Waals surface area contributed by atoms with Gasteiger partial charge in [0.05, 0.1) is 0 Å². The largest absolute Gasteiger partial charge is 0.377 e. The van der Waals surface area contributed by atoms with Crippen LogP contribution in [0.3, 0.4) is 0 Å². The third-order valence-electron chi connectivity index (χ3n) is 2.50. The van der Waals surface area contributed by atoms with Crippen LogP contribution in [-0.2, 0) is 6.42 Å². The van der Waals surface area contributed by atoms with E-state index in [0.717, 1.165) is 30.5 Å². The van der Waals surface area contributed by atoms with Crippen molar-refractivity contribution in [3.63, 3.8) is 0 Å². The van der Waals surface area contributed by atoms with Gasteiger partial charge in [0.15, 0.2) is 11.6 Å². The van der Waals surface area contributed by atoms with Gasteiger partial charge in [0, 0.05) is 25.8 Å². The number of aryl methyl sites for hydroxylation is 1. The van der Waals surface area contributed by atoms with Gasteiger partial charge in [-0.1, -0.05) is 0 Å². The summed E-state index contributed by atoms with van der Waals surface area (Å²) in [6.07, 6.45) is 2.51. The number of rotatable bonds is 5. The molecule has 90 valence electrons. The van der Waals surface area contributed by atoms with E-state index in [9.17, 15) is 8.78 Å². The summed E-state index contributed by atoms with van der Waals surface area (Å²) in [5.74, 6) is -1.58. The lowest BCUT2D eigenvalue weighted by molar-refractivity contribution is 0.506. The maximum absolute atomic E-state index is 13.1. The molecule has 1 aromatic carbocycles. The molecule has 1 aromatic rings. The second kappa shape index (κ2) is 5.80. The van der Waals surface area contributed by atoms with Crippen LogP contribution in [0.25, 0.3) is 0 Å². The van der Waals surface area contributed by atoms with E-state index in [1.54, 1.807) is 4.90 Å². The average Bonchev–Trinajstić information content (AvgIpc) is 2.23. The number of hydrogen-bond donors (Lipinski definition) is 1. The van der Waals surface area contributed by atoms with Crippen LogP contribution in [0.4, 0.5) is 14.5 Å². The monoisotopic (exact) mass is 228 g/mol. The van der Waals surface area contributed by atoms with Crippen LogP contribution >= 0.6 is 0 Å². The summed E-state index contributed by atoms with van der Waals surface area (Å²) in [6.45, 7) is 0.626. The number of benzene rings is 1. The Bertz CT molecular complexity index is 351. The highest BCUT2D eigenvalue weighted by Crippen LogP contribution is 2.23. The summed E-state index contributed by atoms with van der Waals surface area (Å²) < 4.78 is 26.2. The van der Waals surface area contributed by atoms with Crippen LogP contribution in [0, 0.1) is 11.6 Å². The Balaban J connectivity index is 2.91. The third-order valence-corrected chi connectivity index (χ3v) is 2.50. The minimum absolute atomic E-state index is 0.626. The molecule has 0 aliphatic heterocycles. The maximum atomic E-state index is 13.1. The fourth-order valence-corrected chi connectivity index (χ4v) is 1.65. The van der Waals surface area contributed by atoms with Gasteiger partial charge in [-0.25, -0.2) is 8.78 Å². The highest BCUT2D eigenvalue weighted by atomic mass is 19.2. The highest BCUT2D eigenvalue weighted by molar-refractivity contribution is 5.53. The molecule has 0 amide bonds. The molecule has 0 unspecified atom stereocenters. The molecule has 0 spiro atoms. The second-order valence-corrected chi connectivity index (χ2v) is 4.04. The standard InChI is InChI=1S/C12H18F2N2/c1-16(2)12-8-11(14)10(13)7-9(12)5-3-4-6-15/h7-8H,3-6,15H2,1-2H3. The Kier molecular flexibility index (Phi) is 4.68. The van der Waals surface area contributed by atoms with Crippen molar-refractivity contribution in [3.8, 4) is 0 Å². The van der Waals surface area contributed by atoms with Gasteiger partial charge in [0.2, 0.25) is 0 Å². The third kappa shape index (κ3) is 3.17. The minimum Gasteiger partial charge on any atom is -0.377 e. The molecule has 16 heavy (non-hydrogen) atoms. The quantitative estimate of drug-likeness (QED) is 0.784. The van der Waals surface area contributed by atoms with Gasteiger partial charge in [-0.15, -0.1) is 0 Å². The smallest absolute Gasteiger partial charge is 0.160 e. The van der Waals surface area contributed by atoms with Crippen LogP contribution in [-0.4, -0.2) is 20.6 Å². The Labute approximate surface area is 95.1 Å². The Morgan fingerprint density at radius 2 is 1.75 bits per heavy atom. The Morgan fingerprint density at radius 1 is 1.12 bits per heavy atom. The lowest BCUT2D eigenvalue weighted by atomic mass is 10.0. The molecule has 0 atom stereocenters. The van der Waals surface area contributed by atoms with E-state index in [-0.39, 0.29) is 0 Å². The summed E-state index contributed by atoms with van der Waals surface area (Å²) in [5, 5.41) is 0. The van der Waals surface area contributed by atoms with E-state index in [2.05, 4.69) is 0 Å². The zero-order valence-corrected chi connectivity index (χ0v) is 9.76. The van der Waals surface area contributed by atoms with Crippen molar-refractivity contribution in [2.24, 2.45) is 5.73 Å². The number of unbranched alkanes of at least 4 members (excludes halogenated alkanes) is 1. The average molecular weight is 228 g/mol. The summed E-state index contributed by atoms with van der Waals surface area (Å²) in [5.41, 5.74) is 6.96. The Morgan fingerprint density at radius 3 is 2.31 bits per heavy atom. The van der Waals surface area contributed by atoms with Crippen molar-refractivity contribution in [2.45, 2.75) is 19.3 Å². The van der Waals surface area contributed by atoms with Crippen molar-refractivity contribution in [3.05, 3.63) is 29.3 Å². The molecule has 0 fully saturated rings. The number of halogens is 2. The second-order valence-electron chi connectivity index (χ2n) is 4.04. The van der Waals surface area contributed by atoms with Crippen LogP contribution in [0.1, 0.15) is 18.4 Å². The molecule has 2 N–H and O–H groups in total. The molecule has 2 nitrogen and oxygen atoms in total. The minimum atomic E-state index is -0.800. The van der Waals surface area contributed by atoms with Gasteiger partial charge in [-0.05, 0) is 37.4 Å². The molecule has 1 rings (SSSR count). The number of nitrogens with zero attached hydrogens (tertiary/aromatic N) is 1. The molecular formula is C12H18F2N2. The predicted octanol–water partition coefficient (Wildman–Crippen LogP) is 2.31. The van der Waals surface area contributed by atoms with Crippen molar-refractivity contribution in [1.29, 1.82) is 0 Å². The van der Waals surface area contributed by atoms with Crippen molar-refractivity contribution >= 4 is 5.69 Å². The molecule has 0 saturated heterocycles. The van der Waals surface area contributed by atoms with Gasteiger partial charge in [-0.2, -0.15) is 0 Å². The number of nitrogens with two attached hydrogens (primary N) is 1. The van der Waals surface area contributed by atoms with E-state index in [4.69, 9.17) is 5.73 Å². The van der Waals surface area contributed by atoms with Crippen molar-refractivity contribution in [2.75, 3.05) is 25.5 Å². The predicted molar refractivity (Wildman–Crippen MR) is 62.7 cm³/mol. The van der Waals surface area contributed by atoms with Gasteiger partial charge >= 0.3 is 0 Å². The van der Waals surface area contributed by atoms with Crippen LogP contribution in [0.5, 0.6) is 0 Å². The number of anilines is 1. The van der Waals surface area contributed by atoms with Crippen molar-refractivity contribution in [1.82, 2.24) is 0 Å². The Hall–Kier alpha value is -1.16. The molecule has 0 radical (unpaired) electrons. The molecule has 4 heteroatoms. The van der Waals surface area contributed by atoms with Gasteiger partial charge in [-0.3, -0.25) is 0 Å². The number of hydrogen-bond acceptors (Lipinski definition) is 2. The van der Waals surface area contributed by atoms with Gasteiger partial charge < -0.3 is 10.6 Å². The van der Waals surface area contributed by atoms with Crippen LogP contribution in [0.15, 0.2) is 12.1 Å². The normalized spacial score (nSPS) is 10.6. The zero-order valence-electron chi connectivity index (χ0n) is 9.76. The van der Waals surface area contributed by atoms with Crippen molar-refractivity contribution < 1.29 is 8.78 Å². The first kappa shape index (κ1) is 12.9. The van der Waals surface area contributed by atoms with E-state index in [1.807, 2.05) is 14.1 Å². The SMILES string of the molecule is CN(C)c1cc(F)c(F)cc1CCCCN. The van der Waals surface area contributed by atoms with Gasteiger partial charge in [0.1, 0.15) is 0 Å². The molecule has 0 aromatic heterocycles. The van der Waals surface area contributed by atoms with Gasteiger partial charge in [0.25, 0.3) is 0 Å². The lowest BCUT2D eigenvalue weighted by Crippen LogP contribution is -2.12. The summed E-state index contributed by atoms with van der Waals surface area (Å²) >= 11 is 0. The first-order chi connectivity index (χ1) is 7.56. The van der Waals surface area contributed by atoms with Crippen LogP contribution < -0.4 is 10.6 Å². The van der Waals surface area contributed by atoms with E-state index < -0.39 is 11.6 Å². The molecule has 0 aliphatic rings. The highest BCUT2D eigenvalue weighted by Gasteiger charge is 2.10. The summed E-state index contributed by atoms with van der Waals surface area (Å²) in [4.78, 5) is 1.79. The fourth-order valence-electron chi connectivity index (χ4n) is 1.65. The lowest BCUT2D eigenvalue weighted by Gasteiger charge is -2.17. The molecule has 0 aliphatic carbocycles. The molecule has 0 heterocycles. The van der Waals surface area contributed by atoms with E-state index in [0.29, 0.717) is 6.54 Å². The summed E-state index contributed by atoms with van der Waals surface area (Å²) in [7, 11) is 3.64. The summed E-state index contributed by atoms with van der Waals surface area (Å²) in [6, 6.07) is 2.52. The van der Waals surface area contributed by atoms with E-state index >= 15 is 0 Å². The van der Waals surface area contributed by atoms with E-state index in [1.165, 1.54) is 12.1 Å². The molecule has 0 bridgehead atoms. The molecular weight excluding hydrogens is 210 g/mol. The fraction of sp³-hybridized carbons (Fsp3) is 0.500. The topological polar surface area (TPSA) is 29.3 Å².